The van der Waals surface area contributed by atoms with Crippen molar-refractivity contribution in [3.05, 3.63) is 65.5 Å². The van der Waals surface area contributed by atoms with Crippen LogP contribution >= 0.6 is 11.8 Å². The average molecular weight is 262 g/mol. The van der Waals surface area contributed by atoms with Crippen LogP contribution in [0.1, 0.15) is 15.9 Å². The number of rotatable bonds is 4. The van der Waals surface area contributed by atoms with Gasteiger partial charge in [-0.1, -0.05) is 24.3 Å². The Kier molecular flexibility index (Phi) is 3.99. The minimum absolute atomic E-state index is 0.232. The van der Waals surface area contributed by atoms with Crippen LogP contribution in [0.5, 0.6) is 0 Å². The number of carboxylic acid groups (broad SMARTS) is 1. The standard InChI is InChI=1S/C14H11FO2S/c15-12-3-1-2-4-13(12)18-9-10-5-7-11(8-6-10)14(16)17/h1-8H,9H2,(H,16,17). The van der Waals surface area contributed by atoms with E-state index >= 15 is 0 Å². The van der Waals surface area contributed by atoms with E-state index in [0.717, 1.165) is 5.56 Å². The third kappa shape index (κ3) is 3.11. The molecule has 2 nitrogen and oxygen atoms in total. The molecule has 4 heteroatoms. The lowest BCUT2D eigenvalue weighted by Crippen LogP contribution is -1.95. The maximum absolute atomic E-state index is 13.4. The summed E-state index contributed by atoms with van der Waals surface area (Å²) in [6.45, 7) is 0. The molecule has 0 atom stereocenters. The first-order chi connectivity index (χ1) is 8.66. The molecule has 0 bridgehead atoms. The Balaban J connectivity index is 2.02. The van der Waals surface area contributed by atoms with Crippen molar-refractivity contribution in [2.45, 2.75) is 10.6 Å². The lowest BCUT2D eigenvalue weighted by Gasteiger charge is -2.03. The maximum Gasteiger partial charge on any atom is 0.335 e. The van der Waals surface area contributed by atoms with Crippen molar-refractivity contribution < 1.29 is 14.3 Å². The van der Waals surface area contributed by atoms with E-state index in [2.05, 4.69) is 0 Å². The van der Waals surface area contributed by atoms with E-state index in [1.807, 2.05) is 0 Å². The zero-order chi connectivity index (χ0) is 13.0. The van der Waals surface area contributed by atoms with Crippen LogP contribution in [0.4, 0.5) is 4.39 Å². The third-order valence-corrected chi connectivity index (χ3v) is 3.55. The molecular weight excluding hydrogens is 251 g/mol. The van der Waals surface area contributed by atoms with Gasteiger partial charge in [0.05, 0.1) is 5.56 Å². The largest absolute Gasteiger partial charge is 0.478 e. The van der Waals surface area contributed by atoms with Crippen LogP contribution in [-0.2, 0) is 5.75 Å². The summed E-state index contributed by atoms with van der Waals surface area (Å²) >= 11 is 1.39. The Morgan fingerprint density at radius 1 is 1.11 bits per heavy atom. The number of benzene rings is 2. The molecule has 0 radical (unpaired) electrons. The average Bonchev–Trinajstić information content (AvgIpc) is 2.38. The highest BCUT2D eigenvalue weighted by Gasteiger charge is 2.04. The van der Waals surface area contributed by atoms with Gasteiger partial charge in [0.2, 0.25) is 0 Å². The Bertz CT molecular complexity index is 552. The first-order valence-corrected chi connectivity index (χ1v) is 6.35. The number of aromatic carboxylic acids is 1. The molecule has 18 heavy (non-hydrogen) atoms. The molecule has 1 N–H and O–H groups in total. The zero-order valence-corrected chi connectivity index (χ0v) is 10.3. The van der Waals surface area contributed by atoms with E-state index in [1.165, 1.54) is 17.8 Å². The summed E-state index contributed by atoms with van der Waals surface area (Å²) in [6, 6.07) is 13.2. The summed E-state index contributed by atoms with van der Waals surface area (Å²) in [5.74, 6) is -0.561. The minimum Gasteiger partial charge on any atom is -0.478 e. The number of carboxylic acids is 1. The van der Waals surface area contributed by atoms with Gasteiger partial charge in [0.1, 0.15) is 5.82 Å². The van der Waals surface area contributed by atoms with Crippen molar-refractivity contribution in [3.8, 4) is 0 Å². The SMILES string of the molecule is O=C(O)c1ccc(CSc2ccccc2F)cc1. The van der Waals surface area contributed by atoms with E-state index in [9.17, 15) is 9.18 Å². The summed E-state index contributed by atoms with van der Waals surface area (Å²) in [4.78, 5) is 11.3. The van der Waals surface area contributed by atoms with Crippen molar-refractivity contribution in [1.82, 2.24) is 0 Å². The predicted octanol–water partition coefficient (Wildman–Crippen LogP) is 3.82. The fourth-order valence-corrected chi connectivity index (χ4v) is 2.36. The summed E-state index contributed by atoms with van der Waals surface area (Å²) in [7, 11) is 0. The summed E-state index contributed by atoms with van der Waals surface area (Å²) < 4.78 is 13.4. The molecular formula is C14H11FO2S. The molecule has 0 amide bonds. The summed E-state index contributed by atoms with van der Waals surface area (Å²) in [6.07, 6.45) is 0. The molecule has 92 valence electrons. The van der Waals surface area contributed by atoms with Crippen LogP contribution in [0, 0.1) is 5.82 Å². The molecule has 0 aliphatic rings. The molecule has 0 saturated heterocycles. The molecule has 0 aliphatic heterocycles. The first-order valence-electron chi connectivity index (χ1n) is 5.36. The molecule has 0 unspecified atom stereocenters. The van der Waals surface area contributed by atoms with E-state index in [0.29, 0.717) is 10.6 Å². The number of carbonyl (C=O) groups is 1. The van der Waals surface area contributed by atoms with Gasteiger partial charge < -0.3 is 5.11 Å². The third-order valence-electron chi connectivity index (χ3n) is 2.43. The second-order valence-corrected chi connectivity index (χ2v) is 4.74. The van der Waals surface area contributed by atoms with Crippen LogP contribution < -0.4 is 0 Å². The van der Waals surface area contributed by atoms with Gasteiger partial charge in [-0.05, 0) is 29.8 Å². The second-order valence-electron chi connectivity index (χ2n) is 3.72. The van der Waals surface area contributed by atoms with Crippen LogP contribution in [0.3, 0.4) is 0 Å². The molecule has 0 aromatic heterocycles. The number of thioether (sulfide) groups is 1. The first kappa shape index (κ1) is 12.6. The van der Waals surface area contributed by atoms with Crippen molar-refractivity contribution in [1.29, 1.82) is 0 Å². The van der Waals surface area contributed by atoms with Gasteiger partial charge in [-0.3, -0.25) is 0 Å². The van der Waals surface area contributed by atoms with Crippen LogP contribution in [0.25, 0.3) is 0 Å². The minimum atomic E-state index is -0.941. The monoisotopic (exact) mass is 262 g/mol. The molecule has 0 spiro atoms. The predicted molar refractivity (Wildman–Crippen MR) is 69.4 cm³/mol. The van der Waals surface area contributed by atoms with E-state index in [4.69, 9.17) is 5.11 Å². The van der Waals surface area contributed by atoms with E-state index < -0.39 is 5.97 Å². The molecule has 0 saturated carbocycles. The molecule has 0 aliphatic carbocycles. The van der Waals surface area contributed by atoms with Crippen molar-refractivity contribution in [2.24, 2.45) is 0 Å². The molecule has 0 fully saturated rings. The number of hydrogen-bond donors (Lipinski definition) is 1. The molecule has 2 aromatic carbocycles. The van der Waals surface area contributed by atoms with Crippen molar-refractivity contribution in [2.75, 3.05) is 0 Å². The quantitative estimate of drug-likeness (QED) is 0.851. The van der Waals surface area contributed by atoms with Gasteiger partial charge in [-0.2, -0.15) is 0 Å². The molecule has 2 aromatic rings. The van der Waals surface area contributed by atoms with E-state index in [-0.39, 0.29) is 11.4 Å². The van der Waals surface area contributed by atoms with Gasteiger partial charge >= 0.3 is 5.97 Å². The Hall–Kier alpha value is -1.81. The fourth-order valence-electron chi connectivity index (χ4n) is 1.47. The van der Waals surface area contributed by atoms with E-state index in [1.54, 1.807) is 42.5 Å². The van der Waals surface area contributed by atoms with Crippen LogP contribution in [0.15, 0.2) is 53.4 Å². The lowest BCUT2D eigenvalue weighted by atomic mass is 10.1. The second kappa shape index (κ2) is 5.69. The Labute approximate surface area is 108 Å². The molecule has 0 heterocycles. The van der Waals surface area contributed by atoms with Crippen LogP contribution in [0.2, 0.25) is 0 Å². The van der Waals surface area contributed by atoms with Gasteiger partial charge in [0.15, 0.2) is 0 Å². The Morgan fingerprint density at radius 3 is 2.39 bits per heavy atom. The van der Waals surface area contributed by atoms with Gasteiger partial charge in [0, 0.05) is 10.6 Å². The fraction of sp³-hybridized carbons (Fsp3) is 0.0714. The highest BCUT2D eigenvalue weighted by molar-refractivity contribution is 7.98. The molecule has 2 rings (SSSR count). The summed E-state index contributed by atoms with van der Waals surface area (Å²) in [5.41, 5.74) is 1.22. The highest BCUT2D eigenvalue weighted by atomic mass is 32.2. The van der Waals surface area contributed by atoms with Gasteiger partial charge in [0.25, 0.3) is 0 Å². The maximum atomic E-state index is 13.4. The highest BCUT2D eigenvalue weighted by Crippen LogP contribution is 2.25. The lowest BCUT2D eigenvalue weighted by molar-refractivity contribution is 0.0697. The van der Waals surface area contributed by atoms with Crippen molar-refractivity contribution in [3.63, 3.8) is 0 Å². The van der Waals surface area contributed by atoms with Crippen molar-refractivity contribution >= 4 is 17.7 Å². The summed E-state index contributed by atoms with van der Waals surface area (Å²) in [5, 5.41) is 8.77. The van der Waals surface area contributed by atoms with Gasteiger partial charge in [-0.25, -0.2) is 9.18 Å². The van der Waals surface area contributed by atoms with Crippen LogP contribution in [-0.4, -0.2) is 11.1 Å². The topological polar surface area (TPSA) is 37.3 Å². The number of hydrogen-bond acceptors (Lipinski definition) is 2. The number of halogens is 1. The Morgan fingerprint density at radius 2 is 1.78 bits per heavy atom. The van der Waals surface area contributed by atoms with Gasteiger partial charge in [-0.15, -0.1) is 11.8 Å². The normalized spacial score (nSPS) is 10.3. The zero-order valence-electron chi connectivity index (χ0n) is 9.47. The smallest absolute Gasteiger partial charge is 0.335 e.